The summed E-state index contributed by atoms with van der Waals surface area (Å²) in [4.78, 5) is 17.1. The fourth-order valence-corrected chi connectivity index (χ4v) is 9.16. The second-order valence-electron chi connectivity index (χ2n) is 12.2. The van der Waals surface area contributed by atoms with Crippen molar-refractivity contribution in [2.45, 2.75) is 92.8 Å². The van der Waals surface area contributed by atoms with Crippen LogP contribution in [0.5, 0.6) is 0 Å². The lowest BCUT2D eigenvalue weighted by molar-refractivity contribution is -0.0144. The van der Waals surface area contributed by atoms with Crippen LogP contribution in [0.15, 0.2) is 47.4 Å². The fraction of sp³-hybridized carbons (Fsp3) is 0.581. The molecule has 0 spiro atoms. The molecule has 0 unspecified atom stereocenters. The van der Waals surface area contributed by atoms with Crippen molar-refractivity contribution in [3.05, 3.63) is 65.5 Å². The molecule has 3 heterocycles. The van der Waals surface area contributed by atoms with Crippen molar-refractivity contribution in [1.29, 1.82) is 0 Å². The molecule has 0 N–H and O–H groups in total. The fourth-order valence-electron chi connectivity index (χ4n) is 7.19. The van der Waals surface area contributed by atoms with Gasteiger partial charge in [0, 0.05) is 25.2 Å². The summed E-state index contributed by atoms with van der Waals surface area (Å²) in [5.74, 6) is -2.60. The van der Waals surface area contributed by atoms with Gasteiger partial charge in [0.25, 0.3) is 0 Å². The first kappa shape index (κ1) is 29.4. The molecule has 4 aliphatic rings. The third kappa shape index (κ3) is 5.79. The van der Waals surface area contributed by atoms with Crippen molar-refractivity contribution in [1.82, 2.24) is 14.1 Å². The average molecular weight is 606 g/mol. The molecule has 2 aromatic carbocycles. The van der Waals surface area contributed by atoms with E-state index >= 15 is 0 Å². The Balaban J connectivity index is 1.26. The monoisotopic (exact) mass is 605 g/mol. The standard InChI is InChI=1S/C31H38F3N3O4S/c32-23-7-4-6-22(20-23)27-8-5-9-29(37(27)42(39,40)28-11-10-24(33)21-26(28)34)31(14-15-31)41-30(38)36-18-12-25(13-19-36)35-16-2-1-3-17-35/h4,6-7,10-11,20-21,25,27,29H,1-3,5,8-9,12-19H2/t27-,29+/m0/s1. The molecule has 1 saturated carbocycles. The predicted octanol–water partition coefficient (Wildman–Crippen LogP) is 6.01. The van der Waals surface area contributed by atoms with E-state index in [9.17, 15) is 26.4 Å². The Hall–Kier alpha value is -2.63. The topological polar surface area (TPSA) is 70.2 Å². The van der Waals surface area contributed by atoms with E-state index < -0.39 is 56.1 Å². The van der Waals surface area contributed by atoms with Crippen LogP contribution >= 0.6 is 0 Å². The Labute approximate surface area is 245 Å². The van der Waals surface area contributed by atoms with Crippen molar-refractivity contribution in [3.63, 3.8) is 0 Å². The Morgan fingerprint density at radius 3 is 2.21 bits per heavy atom. The molecule has 2 aromatic rings. The van der Waals surface area contributed by atoms with E-state index in [1.165, 1.54) is 41.8 Å². The van der Waals surface area contributed by atoms with Gasteiger partial charge in [-0.25, -0.2) is 26.4 Å². The third-order valence-corrected chi connectivity index (χ3v) is 11.5. The number of ether oxygens (including phenoxy) is 1. The van der Waals surface area contributed by atoms with Gasteiger partial charge >= 0.3 is 6.09 Å². The highest BCUT2D eigenvalue weighted by molar-refractivity contribution is 7.89. The lowest BCUT2D eigenvalue weighted by Gasteiger charge is -2.45. The smallest absolute Gasteiger partial charge is 0.410 e. The zero-order valence-electron chi connectivity index (χ0n) is 23.7. The number of halogens is 3. The molecule has 0 radical (unpaired) electrons. The van der Waals surface area contributed by atoms with Gasteiger partial charge in [0.05, 0.1) is 12.1 Å². The van der Waals surface area contributed by atoms with Gasteiger partial charge in [0.1, 0.15) is 27.9 Å². The van der Waals surface area contributed by atoms with Crippen molar-refractivity contribution in [3.8, 4) is 0 Å². The molecule has 4 fully saturated rings. The van der Waals surface area contributed by atoms with Crippen molar-refractivity contribution in [2.75, 3.05) is 26.2 Å². The first-order valence-corrected chi connectivity index (χ1v) is 16.6. The van der Waals surface area contributed by atoms with Crippen LogP contribution in [0, 0.1) is 17.5 Å². The van der Waals surface area contributed by atoms with Gasteiger partial charge in [0.2, 0.25) is 10.0 Å². The molecule has 228 valence electrons. The molecule has 11 heteroatoms. The number of hydrogen-bond donors (Lipinski definition) is 0. The maximum absolute atomic E-state index is 15.0. The maximum atomic E-state index is 15.0. The molecule has 42 heavy (non-hydrogen) atoms. The predicted molar refractivity (Wildman–Crippen MR) is 151 cm³/mol. The van der Waals surface area contributed by atoms with Crippen LogP contribution < -0.4 is 0 Å². The molecule has 0 bridgehead atoms. The highest BCUT2D eigenvalue weighted by Gasteiger charge is 2.60. The Morgan fingerprint density at radius 1 is 0.833 bits per heavy atom. The van der Waals surface area contributed by atoms with Crippen LogP contribution in [0.2, 0.25) is 0 Å². The number of nitrogens with zero attached hydrogens (tertiary/aromatic N) is 3. The minimum atomic E-state index is -4.53. The van der Waals surface area contributed by atoms with Gasteiger partial charge in [-0.05, 0) is 101 Å². The molecule has 7 nitrogen and oxygen atoms in total. The summed E-state index contributed by atoms with van der Waals surface area (Å²) in [7, 11) is -4.53. The van der Waals surface area contributed by atoms with Crippen LogP contribution in [-0.2, 0) is 14.8 Å². The van der Waals surface area contributed by atoms with Crippen molar-refractivity contribution >= 4 is 16.1 Å². The van der Waals surface area contributed by atoms with E-state index in [2.05, 4.69) is 4.90 Å². The second-order valence-corrected chi connectivity index (χ2v) is 14.0. The molecule has 1 aliphatic carbocycles. The number of amides is 1. The highest BCUT2D eigenvalue weighted by Crippen LogP contribution is 2.53. The van der Waals surface area contributed by atoms with E-state index in [4.69, 9.17) is 4.74 Å². The van der Waals surface area contributed by atoms with Gasteiger partial charge in [-0.15, -0.1) is 0 Å². The lowest BCUT2D eigenvalue weighted by Crippen LogP contribution is -2.55. The summed E-state index contributed by atoms with van der Waals surface area (Å²) in [6, 6.07) is 6.99. The largest absolute Gasteiger partial charge is 0.441 e. The molecule has 2 atom stereocenters. The Morgan fingerprint density at radius 2 is 1.55 bits per heavy atom. The van der Waals surface area contributed by atoms with E-state index in [0.29, 0.717) is 62.9 Å². The second kappa shape index (κ2) is 11.8. The lowest BCUT2D eigenvalue weighted by atomic mass is 9.90. The van der Waals surface area contributed by atoms with Crippen molar-refractivity contribution < 1.29 is 31.1 Å². The minimum Gasteiger partial charge on any atom is -0.441 e. The summed E-state index contributed by atoms with van der Waals surface area (Å²) in [6.07, 6.45) is 7.33. The van der Waals surface area contributed by atoms with Gasteiger partial charge in [0.15, 0.2) is 0 Å². The maximum Gasteiger partial charge on any atom is 0.410 e. The molecule has 1 amide bonds. The average Bonchev–Trinajstić information content (AvgIpc) is 3.77. The van der Waals surface area contributed by atoms with Crippen LogP contribution in [0.3, 0.4) is 0 Å². The number of carbonyl (C=O) groups is 1. The molecular formula is C31H38F3N3O4S. The van der Waals surface area contributed by atoms with Crippen LogP contribution in [0.4, 0.5) is 18.0 Å². The summed E-state index contributed by atoms with van der Waals surface area (Å²) in [6.45, 7) is 3.36. The number of piperidine rings is 3. The normalized spacial score (nSPS) is 25.7. The van der Waals surface area contributed by atoms with E-state index in [-0.39, 0.29) is 0 Å². The number of rotatable bonds is 6. The summed E-state index contributed by atoms with van der Waals surface area (Å²) in [5.41, 5.74) is -0.621. The molecule has 0 aromatic heterocycles. The van der Waals surface area contributed by atoms with Gasteiger partial charge in [-0.1, -0.05) is 18.6 Å². The highest BCUT2D eigenvalue weighted by atomic mass is 32.2. The summed E-state index contributed by atoms with van der Waals surface area (Å²) in [5, 5.41) is 0. The van der Waals surface area contributed by atoms with E-state index in [1.807, 2.05) is 0 Å². The summed E-state index contributed by atoms with van der Waals surface area (Å²) < 4.78 is 78.7. The van der Waals surface area contributed by atoms with Gasteiger partial charge in [-0.2, -0.15) is 4.31 Å². The van der Waals surface area contributed by atoms with Gasteiger partial charge in [-0.3, -0.25) is 0 Å². The molecule has 3 saturated heterocycles. The minimum absolute atomic E-state index is 0.385. The number of sulfonamides is 1. The molecule has 6 rings (SSSR count). The number of benzene rings is 2. The SMILES string of the molecule is O=C(OC1([C@H]2CCC[C@@H](c3cccc(F)c3)N2S(=O)(=O)c2ccc(F)cc2F)CC1)N1CCC(N2CCCCC2)CC1. The van der Waals surface area contributed by atoms with Crippen LogP contribution in [-0.4, -0.2) is 72.5 Å². The van der Waals surface area contributed by atoms with Crippen LogP contribution in [0.1, 0.15) is 75.8 Å². The van der Waals surface area contributed by atoms with Crippen LogP contribution in [0.25, 0.3) is 0 Å². The first-order chi connectivity index (χ1) is 20.2. The number of hydrogen-bond acceptors (Lipinski definition) is 5. The zero-order valence-corrected chi connectivity index (χ0v) is 24.5. The summed E-state index contributed by atoms with van der Waals surface area (Å²) >= 11 is 0. The molecular weight excluding hydrogens is 567 g/mol. The van der Waals surface area contributed by atoms with Crippen molar-refractivity contribution in [2.24, 2.45) is 0 Å². The number of carbonyl (C=O) groups excluding carboxylic acids is 1. The zero-order chi connectivity index (χ0) is 29.5. The first-order valence-electron chi connectivity index (χ1n) is 15.1. The quantitative estimate of drug-likeness (QED) is 0.404. The van der Waals surface area contributed by atoms with Gasteiger partial charge < -0.3 is 14.5 Å². The molecule has 3 aliphatic heterocycles. The number of likely N-dealkylation sites (tertiary alicyclic amines) is 2. The Kier molecular flexibility index (Phi) is 8.28. The van der Waals surface area contributed by atoms with E-state index in [1.54, 1.807) is 11.0 Å². The van der Waals surface area contributed by atoms with E-state index in [0.717, 1.165) is 38.1 Å². The Bertz CT molecular complexity index is 1410. The third-order valence-electron chi connectivity index (χ3n) is 9.52.